The number of esters is 1. The van der Waals surface area contributed by atoms with Crippen molar-refractivity contribution in [3.8, 4) is 0 Å². The Morgan fingerprint density at radius 3 is 2.40 bits per heavy atom. The Morgan fingerprint density at radius 2 is 1.70 bits per heavy atom. The monoisotopic (exact) mass is 408 g/mol. The van der Waals surface area contributed by atoms with Crippen LogP contribution in [0.5, 0.6) is 0 Å². The highest BCUT2D eigenvalue weighted by molar-refractivity contribution is 5.98. The Kier molecular flexibility index (Phi) is 5.70. The minimum absolute atomic E-state index is 0.0238. The van der Waals surface area contributed by atoms with Crippen molar-refractivity contribution in [3.63, 3.8) is 0 Å². The molecule has 0 radical (unpaired) electrons. The van der Waals surface area contributed by atoms with Crippen molar-refractivity contribution in [3.05, 3.63) is 71.3 Å². The van der Waals surface area contributed by atoms with Crippen LogP contribution in [-0.2, 0) is 9.47 Å². The van der Waals surface area contributed by atoms with Crippen LogP contribution in [0, 0.1) is 0 Å². The smallest absolute Gasteiger partial charge is 0.410 e. The molecule has 156 valence electrons. The van der Waals surface area contributed by atoms with Crippen molar-refractivity contribution in [2.45, 2.75) is 24.9 Å². The van der Waals surface area contributed by atoms with Crippen LogP contribution in [-0.4, -0.2) is 60.6 Å². The van der Waals surface area contributed by atoms with E-state index < -0.39 is 5.97 Å². The summed E-state index contributed by atoms with van der Waals surface area (Å²) in [6.45, 7) is 1.43. The first-order valence-corrected chi connectivity index (χ1v) is 10.1. The van der Waals surface area contributed by atoms with Crippen LogP contribution in [0.25, 0.3) is 0 Å². The van der Waals surface area contributed by atoms with Gasteiger partial charge >= 0.3 is 12.1 Å². The lowest BCUT2D eigenvalue weighted by Gasteiger charge is -2.38. The van der Waals surface area contributed by atoms with Gasteiger partial charge in [0.1, 0.15) is 6.61 Å². The number of nitrogens with zero attached hydrogens (tertiary/aromatic N) is 2. The van der Waals surface area contributed by atoms with Crippen molar-refractivity contribution < 1.29 is 23.9 Å². The molecule has 0 N–H and O–H groups in total. The number of ether oxygens (including phenoxy) is 2. The number of methoxy groups -OCH3 is 1. The minimum Gasteiger partial charge on any atom is -0.465 e. The first-order chi connectivity index (χ1) is 14.6. The number of amides is 2. The highest BCUT2D eigenvalue weighted by atomic mass is 16.6. The van der Waals surface area contributed by atoms with E-state index in [-0.39, 0.29) is 24.1 Å². The number of cyclic esters (lactones) is 1. The predicted molar refractivity (Wildman–Crippen MR) is 109 cm³/mol. The van der Waals surface area contributed by atoms with Crippen LogP contribution in [0.1, 0.15) is 45.2 Å². The predicted octanol–water partition coefficient (Wildman–Crippen LogP) is 3.27. The maximum atomic E-state index is 12.9. The molecule has 0 bridgehead atoms. The molecule has 2 aliphatic rings. The van der Waals surface area contributed by atoms with E-state index in [0.717, 1.165) is 5.56 Å². The van der Waals surface area contributed by atoms with Gasteiger partial charge in [-0.15, -0.1) is 0 Å². The van der Waals surface area contributed by atoms with Crippen LogP contribution < -0.4 is 0 Å². The van der Waals surface area contributed by atoms with E-state index in [1.165, 1.54) is 7.11 Å². The quantitative estimate of drug-likeness (QED) is 0.726. The fourth-order valence-electron chi connectivity index (χ4n) is 4.19. The lowest BCUT2D eigenvalue weighted by molar-refractivity contribution is 0.0600. The van der Waals surface area contributed by atoms with Gasteiger partial charge in [0.05, 0.1) is 18.7 Å². The van der Waals surface area contributed by atoms with Gasteiger partial charge in [-0.3, -0.25) is 9.69 Å². The van der Waals surface area contributed by atoms with Gasteiger partial charge in [-0.1, -0.05) is 36.4 Å². The first kappa shape index (κ1) is 19.9. The third kappa shape index (κ3) is 3.87. The van der Waals surface area contributed by atoms with E-state index >= 15 is 0 Å². The molecule has 4 rings (SSSR count). The molecule has 2 amide bonds. The summed E-state index contributed by atoms with van der Waals surface area (Å²) in [5.74, 6) is -0.592. The van der Waals surface area contributed by atoms with Gasteiger partial charge in [0.25, 0.3) is 5.91 Å². The Morgan fingerprint density at radius 1 is 1.00 bits per heavy atom. The third-order valence-electron chi connectivity index (χ3n) is 5.77. The highest BCUT2D eigenvalue weighted by Gasteiger charge is 2.40. The zero-order valence-corrected chi connectivity index (χ0v) is 16.8. The molecular formula is C23H24N2O5. The number of carbonyl (C=O) groups is 3. The van der Waals surface area contributed by atoms with Gasteiger partial charge in [0, 0.05) is 24.7 Å². The fraction of sp³-hybridized carbons (Fsp3) is 0.348. The van der Waals surface area contributed by atoms with Gasteiger partial charge in [-0.2, -0.15) is 0 Å². The van der Waals surface area contributed by atoms with E-state index in [4.69, 9.17) is 9.47 Å². The molecule has 0 spiro atoms. The summed E-state index contributed by atoms with van der Waals surface area (Å²) in [7, 11) is 1.31. The summed E-state index contributed by atoms with van der Waals surface area (Å²) in [4.78, 5) is 40.6. The lowest BCUT2D eigenvalue weighted by Crippen LogP contribution is -2.47. The number of hydrogen-bond acceptors (Lipinski definition) is 5. The van der Waals surface area contributed by atoms with Gasteiger partial charge in [0.15, 0.2) is 0 Å². The first-order valence-electron chi connectivity index (χ1n) is 10.1. The van der Waals surface area contributed by atoms with Crippen LogP contribution in [0.4, 0.5) is 4.79 Å². The zero-order valence-electron chi connectivity index (χ0n) is 16.8. The molecule has 30 heavy (non-hydrogen) atoms. The van der Waals surface area contributed by atoms with Crippen LogP contribution in [0.3, 0.4) is 0 Å². The van der Waals surface area contributed by atoms with Crippen LogP contribution in [0.15, 0.2) is 54.6 Å². The van der Waals surface area contributed by atoms with Crippen molar-refractivity contribution in [2.75, 3.05) is 26.8 Å². The summed E-state index contributed by atoms with van der Waals surface area (Å²) < 4.78 is 10.1. The summed E-state index contributed by atoms with van der Waals surface area (Å²) in [5, 5.41) is 0. The maximum absolute atomic E-state index is 12.9. The Balaban J connectivity index is 1.43. The molecule has 0 aliphatic carbocycles. The fourth-order valence-corrected chi connectivity index (χ4v) is 4.19. The number of benzene rings is 2. The van der Waals surface area contributed by atoms with Gasteiger partial charge in [-0.05, 0) is 36.6 Å². The average molecular weight is 408 g/mol. The second kappa shape index (κ2) is 8.57. The molecule has 1 atom stereocenters. The Bertz CT molecular complexity index is 938. The van der Waals surface area contributed by atoms with E-state index in [9.17, 15) is 14.4 Å². The molecular weight excluding hydrogens is 384 g/mol. The molecule has 2 heterocycles. The van der Waals surface area contributed by atoms with E-state index in [2.05, 4.69) is 0 Å². The Hall–Kier alpha value is -3.35. The van der Waals surface area contributed by atoms with Crippen molar-refractivity contribution in [2.24, 2.45) is 0 Å². The minimum atomic E-state index is -0.470. The number of rotatable bonds is 4. The van der Waals surface area contributed by atoms with E-state index in [0.29, 0.717) is 43.7 Å². The van der Waals surface area contributed by atoms with Crippen LogP contribution in [0.2, 0.25) is 0 Å². The maximum Gasteiger partial charge on any atom is 0.410 e. The number of likely N-dealkylation sites (tertiary alicyclic amines) is 1. The van der Waals surface area contributed by atoms with Gasteiger partial charge in [0.2, 0.25) is 0 Å². The van der Waals surface area contributed by atoms with E-state index in [1.54, 1.807) is 29.2 Å². The molecule has 0 saturated carbocycles. The summed E-state index contributed by atoms with van der Waals surface area (Å²) in [6.07, 6.45) is 1.07. The SMILES string of the molecule is COC(=O)c1cccc(C(=O)N2CCC(N3C(=O)OC[C@H]3c3ccccc3)CC2)c1. The highest BCUT2D eigenvalue weighted by Crippen LogP contribution is 2.33. The molecule has 2 aromatic carbocycles. The zero-order chi connectivity index (χ0) is 21.1. The summed E-state index contributed by atoms with van der Waals surface area (Å²) >= 11 is 0. The largest absolute Gasteiger partial charge is 0.465 e. The Labute approximate surface area is 175 Å². The van der Waals surface area contributed by atoms with Crippen LogP contribution >= 0.6 is 0 Å². The lowest BCUT2D eigenvalue weighted by atomic mass is 9.98. The van der Waals surface area contributed by atoms with Gasteiger partial charge in [-0.25, -0.2) is 9.59 Å². The molecule has 7 heteroatoms. The second-order valence-electron chi connectivity index (χ2n) is 7.51. The summed E-state index contributed by atoms with van der Waals surface area (Å²) in [5.41, 5.74) is 1.87. The standard InChI is InChI=1S/C23H24N2O5/c1-29-22(27)18-9-5-8-17(14-18)21(26)24-12-10-19(11-13-24)25-20(15-30-23(25)28)16-6-3-2-4-7-16/h2-9,14,19-20H,10-13,15H2,1H3/t20-/m0/s1. The molecule has 2 saturated heterocycles. The van der Waals surface area contributed by atoms with Crippen molar-refractivity contribution >= 4 is 18.0 Å². The van der Waals surface area contributed by atoms with Crippen molar-refractivity contribution in [1.82, 2.24) is 9.80 Å². The topological polar surface area (TPSA) is 76.2 Å². The molecule has 2 aliphatic heterocycles. The summed E-state index contributed by atoms with van der Waals surface area (Å²) in [6, 6.07) is 16.4. The molecule has 0 aromatic heterocycles. The normalized spacial score (nSPS) is 19.5. The third-order valence-corrected chi connectivity index (χ3v) is 5.77. The van der Waals surface area contributed by atoms with Crippen molar-refractivity contribution in [1.29, 1.82) is 0 Å². The van der Waals surface area contributed by atoms with Gasteiger partial charge < -0.3 is 14.4 Å². The number of piperidine rings is 1. The molecule has 0 unspecified atom stereocenters. The molecule has 7 nitrogen and oxygen atoms in total. The number of hydrogen-bond donors (Lipinski definition) is 0. The second-order valence-corrected chi connectivity index (χ2v) is 7.51. The van der Waals surface area contributed by atoms with E-state index in [1.807, 2.05) is 35.2 Å². The number of carbonyl (C=O) groups excluding carboxylic acids is 3. The molecule has 2 aromatic rings. The average Bonchev–Trinajstić information content (AvgIpc) is 3.20. The molecule has 2 fully saturated rings.